The Balaban J connectivity index is 2.52. The Hall–Kier alpha value is -2.11. The first-order valence-electron chi connectivity index (χ1n) is 5.42. The summed E-state index contributed by atoms with van der Waals surface area (Å²) in [5.41, 5.74) is 2.43. The van der Waals surface area contributed by atoms with E-state index in [1.807, 2.05) is 0 Å². The van der Waals surface area contributed by atoms with Gasteiger partial charge in [0.1, 0.15) is 11.4 Å². The fourth-order valence-electron chi connectivity index (χ4n) is 1.08. The Bertz CT molecular complexity index is 438. The fraction of sp³-hybridized carbons (Fsp3) is 0.417. The Morgan fingerprint density at radius 2 is 2.17 bits per heavy atom. The second kappa shape index (κ2) is 6.00. The lowest BCUT2D eigenvalue weighted by atomic mass is 10.2. The van der Waals surface area contributed by atoms with Gasteiger partial charge >= 0.3 is 6.09 Å². The highest BCUT2D eigenvalue weighted by Crippen LogP contribution is 2.08. The second-order valence-corrected chi connectivity index (χ2v) is 4.53. The molecule has 0 aliphatic heterocycles. The Morgan fingerprint density at radius 3 is 2.78 bits per heavy atom. The molecule has 0 aliphatic carbocycles. The van der Waals surface area contributed by atoms with E-state index in [0.29, 0.717) is 11.3 Å². The largest absolute Gasteiger partial charge is 0.495 e. The lowest BCUT2D eigenvalue weighted by Crippen LogP contribution is -2.29. The zero-order valence-corrected chi connectivity index (χ0v) is 10.9. The minimum Gasteiger partial charge on any atom is -0.495 e. The molecule has 6 heteroatoms. The van der Waals surface area contributed by atoms with Crippen LogP contribution >= 0.6 is 0 Å². The molecule has 0 unspecified atom stereocenters. The summed E-state index contributed by atoms with van der Waals surface area (Å²) < 4.78 is 10.0. The molecular formula is C12H17N3O3. The number of hydrogen-bond acceptors (Lipinski definition) is 5. The van der Waals surface area contributed by atoms with E-state index in [-0.39, 0.29) is 0 Å². The van der Waals surface area contributed by atoms with Crippen LogP contribution in [0.2, 0.25) is 0 Å². The van der Waals surface area contributed by atoms with Gasteiger partial charge in [-0.3, -0.25) is 4.98 Å². The number of hydrazone groups is 1. The minimum atomic E-state index is -0.602. The molecule has 1 heterocycles. The van der Waals surface area contributed by atoms with Gasteiger partial charge in [-0.15, -0.1) is 0 Å². The van der Waals surface area contributed by atoms with Gasteiger partial charge in [0.25, 0.3) is 0 Å². The van der Waals surface area contributed by atoms with Gasteiger partial charge < -0.3 is 9.47 Å². The van der Waals surface area contributed by atoms with Crippen molar-refractivity contribution in [3.63, 3.8) is 0 Å². The maximum Gasteiger partial charge on any atom is 0.428 e. The van der Waals surface area contributed by atoms with Gasteiger partial charge in [0, 0.05) is 11.8 Å². The predicted molar refractivity (Wildman–Crippen MR) is 67.8 cm³/mol. The van der Waals surface area contributed by atoms with E-state index < -0.39 is 11.7 Å². The van der Waals surface area contributed by atoms with Crippen LogP contribution in [-0.4, -0.2) is 30.0 Å². The highest BCUT2D eigenvalue weighted by Gasteiger charge is 2.15. The summed E-state index contributed by atoms with van der Waals surface area (Å²) >= 11 is 0. The molecular weight excluding hydrogens is 234 g/mol. The van der Waals surface area contributed by atoms with E-state index in [1.165, 1.54) is 6.21 Å². The summed E-state index contributed by atoms with van der Waals surface area (Å²) in [6, 6.07) is 1.74. The van der Waals surface area contributed by atoms with Gasteiger partial charge in [-0.2, -0.15) is 5.10 Å². The van der Waals surface area contributed by atoms with Crippen LogP contribution in [-0.2, 0) is 4.74 Å². The molecule has 0 radical (unpaired) electrons. The summed E-state index contributed by atoms with van der Waals surface area (Å²) in [5, 5.41) is 3.76. The average molecular weight is 251 g/mol. The minimum absolute atomic E-state index is 0.545. The number of carbonyl (C=O) groups excluding carboxylic acids is 1. The van der Waals surface area contributed by atoms with E-state index in [0.717, 1.165) is 0 Å². The molecule has 98 valence electrons. The molecule has 1 N–H and O–H groups in total. The highest BCUT2D eigenvalue weighted by molar-refractivity contribution is 5.80. The number of aromatic nitrogens is 1. The zero-order valence-electron chi connectivity index (χ0n) is 10.9. The maximum absolute atomic E-state index is 11.3. The molecule has 1 aromatic rings. The third-order valence-electron chi connectivity index (χ3n) is 1.74. The van der Waals surface area contributed by atoms with E-state index >= 15 is 0 Å². The van der Waals surface area contributed by atoms with Crippen LogP contribution < -0.4 is 10.2 Å². The average Bonchev–Trinajstić information content (AvgIpc) is 2.27. The predicted octanol–water partition coefficient (Wildman–Crippen LogP) is 1.95. The van der Waals surface area contributed by atoms with E-state index in [4.69, 9.17) is 9.47 Å². The second-order valence-electron chi connectivity index (χ2n) is 4.53. The molecule has 0 aliphatic rings. The molecule has 0 saturated carbocycles. The normalized spacial score (nSPS) is 11.3. The molecule has 0 saturated heterocycles. The highest BCUT2D eigenvalue weighted by atomic mass is 16.6. The number of nitrogens with one attached hydrogen (secondary N) is 1. The van der Waals surface area contributed by atoms with Crippen LogP contribution in [0.15, 0.2) is 23.6 Å². The standard InChI is InChI=1S/C12H17N3O3/c1-12(2,3)18-11(16)15-14-7-9-5-10(17-4)8-13-6-9/h5-8H,1-4H3,(H,15,16)/b14-7+. The first-order chi connectivity index (χ1) is 8.40. The number of methoxy groups -OCH3 is 1. The van der Waals surface area contributed by atoms with Crippen LogP contribution in [0, 0.1) is 0 Å². The topological polar surface area (TPSA) is 72.8 Å². The van der Waals surface area contributed by atoms with Gasteiger partial charge in [0.2, 0.25) is 0 Å². The summed E-state index contributed by atoms with van der Waals surface area (Å²) in [7, 11) is 1.55. The molecule has 1 rings (SSSR count). The molecule has 0 spiro atoms. The SMILES string of the molecule is COc1cncc(/C=N/NC(=O)OC(C)(C)C)c1. The number of hydrogen-bond donors (Lipinski definition) is 1. The van der Waals surface area contributed by atoms with Crippen molar-refractivity contribution in [2.45, 2.75) is 26.4 Å². The van der Waals surface area contributed by atoms with Crippen molar-refractivity contribution in [1.29, 1.82) is 0 Å². The van der Waals surface area contributed by atoms with E-state index in [1.54, 1.807) is 46.3 Å². The molecule has 6 nitrogen and oxygen atoms in total. The van der Waals surface area contributed by atoms with Crippen LogP contribution in [0.3, 0.4) is 0 Å². The quantitative estimate of drug-likeness (QED) is 0.658. The summed E-state index contributed by atoms with van der Waals surface area (Å²) in [4.78, 5) is 15.2. The summed E-state index contributed by atoms with van der Waals surface area (Å²) in [5.74, 6) is 0.621. The number of carbonyl (C=O) groups is 1. The van der Waals surface area contributed by atoms with E-state index in [9.17, 15) is 4.79 Å². The monoisotopic (exact) mass is 251 g/mol. The van der Waals surface area contributed by atoms with Crippen LogP contribution in [0.25, 0.3) is 0 Å². The molecule has 0 aromatic carbocycles. The molecule has 0 atom stereocenters. The smallest absolute Gasteiger partial charge is 0.428 e. The van der Waals surface area contributed by atoms with Crippen molar-refractivity contribution in [3.05, 3.63) is 24.0 Å². The number of ether oxygens (including phenoxy) is 2. The van der Waals surface area contributed by atoms with Crippen molar-refractivity contribution in [1.82, 2.24) is 10.4 Å². The molecule has 1 aromatic heterocycles. The molecule has 18 heavy (non-hydrogen) atoms. The third-order valence-corrected chi connectivity index (χ3v) is 1.74. The summed E-state index contributed by atoms with van der Waals surface area (Å²) in [6.45, 7) is 5.34. The zero-order chi connectivity index (χ0) is 13.6. The van der Waals surface area contributed by atoms with Gasteiger partial charge in [-0.05, 0) is 26.8 Å². The number of nitrogens with zero attached hydrogens (tertiary/aromatic N) is 2. The maximum atomic E-state index is 11.3. The van der Waals surface area contributed by atoms with Gasteiger partial charge in [-0.1, -0.05) is 0 Å². The molecule has 0 fully saturated rings. The van der Waals surface area contributed by atoms with Crippen LogP contribution in [0.4, 0.5) is 4.79 Å². The van der Waals surface area contributed by atoms with Gasteiger partial charge in [-0.25, -0.2) is 10.2 Å². The van der Waals surface area contributed by atoms with Crippen molar-refractivity contribution in [3.8, 4) is 5.75 Å². The molecule has 1 amide bonds. The number of pyridine rings is 1. The number of amides is 1. The van der Waals surface area contributed by atoms with Crippen molar-refractivity contribution < 1.29 is 14.3 Å². The van der Waals surface area contributed by atoms with Crippen molar-refractivity contribution in [2.75, 3.05) is 7.11 Å². The lowest BCUT2D eigenvalue weighted by Gasteiger charge is -2.18. The Morgan fingerprint density at radius 1 is 1.44 bits per heavy atom. The van der Waals surface area contributed by atoms with Gasteiger partial charge in [0.05, 0.1) is 19.5 Å². The lowest BCUT2D eigenvalue weighted by molar-refractivity contribution is 0.0529. The van der Waals surface area contributed by atoms with Gasteiger partial charge in [0.15, 0.2) is 0 Å². The Kier molecular flexibility index (Phi) is 4.65. The third kappa shape index (κ3) is 5.29. The van der Waals surface area contributed by atoms with Crippen LogP contribution in [0.1, 0.15) is 26.3 Å². The Labute approximate surface area is 106 Å². The first-order valence-corrected chi connectivity index (χ1v) is 5.42. The van der Waals surface area contributed by atoms with Crippen molar-refractivity contribution in [2.24, 2.45) is 5.10 Å². The van der Waals surface area contributed by atoms with Crippen LogP contribution in [0.5, 0.6) is 5.75 Å². The molecule has 0 bridgehead atoms. The van der Waals surface area contributed by atoms with E-state index in [2.05, 4.69) is 15.5 Å². The number of rotatable bonds is 3. The first kappa shape index (κ1) is 14.0. The fourth-order valence-corrected chi connectivity index (χ4v) is 1.08. The summed E-state index contributed by atoms with van der Waals surface area (Å²) in [6.07, 6.45) is 4.04. The van der Waals surface area contributed by atoms with Crippen molar-refractivity contribution >= 4 is 12.3 Å².